The lowest BCUT2D eigenvalue weighted by atomic mass is 9.77. The van der Waals surface area contributed by atoms with Crippen LogP contribution in [0.3, 0.4) is 0 Å². The Bertz CT molecular complexity index is 980. The monoisotopic (exact) mass is 413 g/mol. The van der Waals surface area contributed by atoms with Gasteiger partial charge in [0.05, 0.1) is 22.9 Å². The van der Waals surface area contributed by atoms with Crippen molar-refractivity contribution in [3.63, 3.8) is 0 Å². The number of aliphatic hydroxyl groups is 1. The molecule has 138 valence electrons. The molecule has 0 radical (unpaired) electrons. The van der Waals surface area contributed by atoms with Crippen molar-refractivity contribution in [3.8, 4) is 0 Å². The van der Waals surface area contributed by atoms with Crippen molar-refractivity contribution in [2.45, 2.75) is 31.0 Å². The normalized spacial score (nSPS) is 26.4. The van der Waals surface area contributed by atoms with E-state index in [2.05, 4.69) is 4.98 Å². The number of imidazole rings is 1. The van der Waals surface area contributed by atoms with Crippen LogP contribution in [0.1, 0.15) is 18.7 Å². The van der Waals surface area contributed by atoms with Crippen molar-refractivity contribution in [1.29, 1.82) is 0 Å². The average Bonchev–Trinajstić information content (AvgIpc) is 3.17. The highest BCUT2D eigenvalue weighted by atomic mass is 35.5. The number of rotatable bonds is 4. The Balaban J connectivity index is 1.87. The number of aliphatic carboxylic acids is 1. The van der Waals surface area contributed by atoms with Crippen LogP contribution < -0.4 is 0 Å². The van der Waals surface area contributed by atoms with Crippen molar-refractivity contribution < 1.29 is 19.8 Å². The number of carbonyl (C=O) groups is 2. The number of thioether (sulfide) groups is 1. The first-order valence-corrected chi connectivity index (χ1v) is 10.4. The number of carbonyl (C=O) groups excluding carboxylic acids is 1. The van der Waals surface area contributed by atoms with Crippen LogP contribution in [0.5, 0.6) is 0 Å². The molecule has 4 heterocycles. The first kappa shape index (κ1) is 17.8. The van der Waals surface area contributed by atoms with E-state index in [1.54, 1.807) is 17.5 Å². The number of β-lactam (4-membered cyclic amide) rings is 1. The van der Waals surface area contributed by atoms with Crippen molar-refractivity contribution >= 4 is 57.0 Å². The number of hydrogen-bond donors (Lipinski definition) is 2. The fraction of sp³-hybridized carbons (Fsp3) is 0.438. The van der Waals surface area contributed by atoms with E-state index in [-0.39, 0.29) is 23.6 Å². The SMILES string of the molecule is CSc1nc(Cl)n2cc(C3=C(C(=O)O)N4C(=O)[C@H]([C@@H](C)O)[C@H]4[C@H]3C)sc12. The number of aromatic nitrogens is 2. The molecule has 2 aliphatic heterocycles. The summed E-state index contributed by atoms with van der Waals surface area (Å²) in [6.45, 7) is 3.46. The molecule has 1 fully saturated rings. The van der Waals surface area contributed by atoms with Gasteiger partial charge in [0.15, 0.2) is 0 Å². The minimum absolute atomic E-state index is 0.00341. The molecular weight excluding hydrogens is 398 g/mol. The topological polar surface area (TPSA) is 95.1 Å². The summed E-state index contributed by atoms with van der Waals surface area (Å²) < 4.78 is 1.73. The Hall–Kier alpha value is -1.55. The van der Waals surface area contributed by atoms with Crippen LogP contribution in [0.15, 0.2) is 16.9 Å². The van der Waals surface area contributed by atoms with E-state index in [9.17, 15) is 19.8 Å². The molecule has 0 bridgehead atoms. The quantitative estimate of drug-likeness (QED) is 0.590. The summed E-state index contributed by atoms with van der Waals surface area (Å²) in [4.78, 5) is 31.5. The van der Waals surface area contributed by atoms with Gasteiger partial charge < -0.3 is 15.1 Å². The Labute approximate surface area is 162 Å². The van der Waals surface area contributed by atoms with Gasteiger partial charge in [-0.25, -0.2) is 9.78 Å². The molecule has 0 saturated carbocycles. The Morgan fingerprint density at radius 2 is 2.19 bits per heavy atom. The van der Waals surface area contributed by atoms with Crippen LogP contribution >= 0.6 is 34.7 Å². The van der Waals surface area contributed by atoms with E-state index in [0.717, 1.165) is 14.7 Å². The summed E-state index contributed by atoms with van der Waals surface area (Å²) in [5.74, 6) is -2.25. The molecule has 2 N–H and O–H groups in total. The molecule has 10 heteroatoms. The molecule has 4 rings (SSSR count). The first-order valence-electron chi connectivity index (χ1n) is 7.98. The number of carboxylic acids is 1. The fourth-order valence-electron chi connectivity index (χ4n) is 3.98. The zero-order valence-corrected chi connectivity index (χ0v) is 16.5. The van der Waals surface area contributed by atoms with Crippen LogP contribution in [-0.2, 0) is 9.59 Å². The molecule has 26 heavy (non-hydrogen) atoms. The molecule has 7 nitrogen and oxygen atoms in total. The summed E-state index contributed by atoms with van der Waals surface area (Å²) in [5, 5.41) is 20.8. The highest BCUT2D eigenvalue weighted by molar-refractivity contribution is 7.98. The maximum Gasteiger partial charge on any atom is 0.352 e. The van der Waals surface area contributed by atoms with Crippen molar-refractivity contribution in [3.05, 3.63) is 22.1 Å². The summed E-state index contributed by atoms with van der Waals surface area (Å²) in [6.07, 6.45) is 2.86. The minimum atomic E-state index is -1.14. The van der Waals surface area contributed by atoms with Gasteiger partial charge in [-0.15, -0.1) is 23.1 Å². The number of fused-ring (bicyclic) bond motifs is 2. The summed E-state index contributed by atoms with van der Waals surface area (Å²) in [5.41, 5.74) is 0.611. The van der Waals surface area contributed by atoms with E-state index < -0.39 is 18.0 Å². The lowest BCUT2D eigenvalue weighted by Crippen LogP contribution is -2.63. The van der Waals surface area contributed by atoms with Gasteiger partial charge in [-0.1, -0.05) is 6.92 Å². The molecule has 2 aromatic heterocycles. The number of hydrogen-bond acceptors (Lipinski definition) is 6. The average molecular weight is 414 g/mol. The summed E-state index contributed by atoms with van der Waals surface area (Å²) in [6, 6.07) is -0.335. The Morgan fingerprint density at radius 3 is 2.77 bits per heavy atom. The van der Waals surface area contributed by atoms with E-state index >= 15 is 0 Å². The lowest BCUT2D eigenvalue weighted by molar-refractivity contribution is -0.163. The minimum Gasteiger partial charge on any atom is -0.477 e. The van der Waals surface area contributed by atoms with Crippen molar-refractivity contribution in [2.24, 2.45) is 11.8 Å². The second kappa shape index (κ2) is 5.98. The number of nitrogens with zero attached hydrogens (tertiary/aromatic N) is 3. The number of halogens is 1. The second-order valence-electron chi connectivity index (χ2n) is 6.48. The Morgan fingerprint density at radius 1 is 1.50 bits per heavy atom. The molecule has 2 aliphatic rings. The van der Waals surface area contributed by atoms with E-state index in [0.29, 0.717) is 10.9 Å². The molecule has 4 atom stereocenters. The fourth-order valence-corrected chi connectivity index (χ4v) is 6.25. The van der Waals surface area contributed by atoms with Crippen LogP contribution in [0, 0.1) is 11.8 Å². The number of carboxylic acid groups (broad SMARTS) is 1. The van der Waals surface area contributed by atoms with Gasteiger partial charge in [0.2, 0.25) is 11.2 Å². The van der Waals surface area contributed by atoms with Gasteiger partial charge in [0.1, 0.15) is 15.6 Å². The summed E-state index contributed by atoms with van der Waals surface area (Å²) in [7, 11) is 0. The maximum atomic E-state index is 12.4. The van der Waals surface area contributed by atoms with E-state index in [1.807, 2.05) is 13.2 Å². The van der Waals surface area contributed by atoms with Crippen LogP contribution in [0.2, 0.25) is 5.28 Å². The number of thiazole rings is 1. The van der Waals surface area contributed by atoms with Crippen molar-refractivity contribution in [2.75, 3.05) is 6.26 Å². The second-order valence-corrected chi connectivity index (χ2v) is 8.65. The highest BCUT2D eigenvalue weighted by Gasteiger charge is 2.60. The molecule has 0 aromatic carbocycles. The van der Waals surface area contributed by atoms with E-state index in [4.69, 9.17) is 11.6 Å². The predicted molar refractivity (Wildman–Crippen MR) is 99.4 cm³/mol. The van der Waals surface area contributed by atoms with Crippen molar-refractivity contribution in [1.82, 2.24) is 14.3 Å². The third-order valence-electron chi connectivity index (χ3n) is 5.08. The molecule has 0 unspecified atom stereocenters. The lowest BCUT2D eigenvalue weighted by Gasteiger charge is -2.46. The van der Waals surface area contributed by atoms with Gasteiger partial charge in [0, 0.05) is 17.7 Å². The molecule has 0 spiro atoms. The van der Waals surface area contributed by atoms with Gasteiger partial charge in [-0.05, 0) is 24.8 Å². The van der Waals surface area contributed by atoms with Crippen LogP contribution in [0.25, 0.3) is 10.4 Å². The van der Waals surface area contributed by atoms with Gasteiger partial charge in [0.25, 0.3) is 0 Å². The third kappa shape index (κ3) is 2.20. The Kier molecular flexibility index (Phi) is 4.11. The van der Waals surface area contributed by atoms with Gasteiger partial charge >= 0.3 is 5.97 Å². The van der Waals surface area contributed by atoms with Crippen LogP contribution in [-0.4, -0.2) is 54.8 Å². The van der Waals surface area contributed by atoms with Gasteiger partial charge in [-0.3, -0.25) is 9.20 Å². The molecule has 2 aromatic rings. The first-order chi connectivity index (χ1) is 12.3. The molecular formula is C16H16ClN3O4S2. The molecule has 1 amide bonds. The predicted octanol–water partition coefficient (Wildman–Crippen LogP) is 2.42. The largest absolute Gasteiger partial charge is 0.477 e. The highest BCUT2D eigenvalue weighted by Crippen LogP contribution is 2.51. The van der Waals surface area contributed by atoms with Crippen LogP contribution in [0.4, 0.5) is 0 Å². The smallest absolute Gasteiger partial charge is 0.352 e. The maximum absolute atomic E-state index is 12.4. The molecule has 1 saturated heterocycles. The zero-order valence-electron chi connectivity index (χ0n) is 14.1. The standard InChI is InChI=1S/C16H16ClN3O4S2/c1-5-8(7-4-19-14(26-7)12(25-3)18-16(19)17)11(15(23)24)20-10(5)9(6(2)21)13(20)22/h4-6,9-10,21H,1-3H3,(H,23,24)/t5-,6+,9+,10+/m0/s1. The number of aliphatic hydroxyl groups excluding tert-OH is 1. The third-order valence-corrected chi connectivity index (χ3v) is 7.28. The van der Waals surface area contributed by atoms with E-state index in [1.165, 1.54) is 28.0 Å². The summed E-state index contributed by atoms with van der Waals surface area (Å²) >= 11 is 9.06. The number of amides is 1. The van der Waals surface area contributed by atoms with Gasteiger partial charge in [-0.2, -0.15) is 0 Å². The molecule has 0 aliphatic carbocycles. The zero-order chi connectivity index (χ0) is 18.9.